The Labute approximate surface area is 113 Å². The van der Waals surface area contributed by atoms with E-state index in [2.05, 4.69) is 54.3 Å². The van der Waals surface area contributed by atoms with Crippen molar-refractivity contribution in [2.45, 2.75) is 13.8 Å². The van der Waals surface area contributed by atoms with Gasteiger partial charge < -0.3 is 0 Å². The highest BCUT2D eigenvalue weighted by Gasteiger charge is 2.22. The van der Waals surface area contributed by atoms with Crippen molar-refractivity contribution in [1.29, 1.82) is 0 Å². The number of amidine groups is 1. The second-order valence-corrected chi connectivity index (χ2v) is 4.51. The monoisotopic (exact) mass is 261 g/mol. The molecule has 0 saturated heterocycles. The lowest BCUT2D eigenvalue weighted by Crippen LogP contribution is -2.28. The third-order valence-corrected chi connectivity index (χ3v) is 3.10. The highest BCUT2D eigenvalue weighted by Crippen LogP contribution is 2.18. The molecule has 1 aromatic carbocycles. The maximum atomic E-state index is 4.64. The molecule has 0 bridgehead atoms. The van der Waals surface area contributed by atoms with E-state index in [1.807, 2.05) is 5.01 Å². The van der Waals surface area contributed by atoms with Crippen molar-refractivity contribution >= 4 is 24.0 Å². The van der Waals surface area contributed by atoms with Crippen molar-refractivity contribution in [2.24, 2.45) is 10.1 Å². The number of hydrogen-bond donors (Lipinski definition) is 0. The number of hydrogen-bond acceptors (Lipinski definition) is 3. The van der Waals surface area contributed by atoms with Crippen molar-refractivity contribution in [3.05, 3.63) is 47.0 Å². The molecule has 18 heavy (non-hydrogen) atoms. The summed E-state index contributed by atoms with van der Waals surface area (Å²) >= 11 is 0. The van der Waals surface area contributed by atoms with Crippen molar-refractivity contribution in [3.63, 3.8) is 0 Å². The summed E-state index contributed by atoms with van der Waals surface area (Å²) in [6, 6.07) is 8.48. The molecule has 0 unspecified atom stereocenters. The van der Waals surface area contributed by atoms with Crippen LogP contribution >= 0.6 is 12.4 Å². The first-order valence-electron chi connectivity index (χ1n) is 5.90. The number of allylic oxidation sites excluding steroid dienone is 1. The Kier molecular flexibility index (Phi) is 3.53. The molecule has 2 aliphatic heterocycles. The molecule has 0 amide bonds. The number of fused-ring (bicyclic) bond motifs is 1. The summed E-state index contributed by atoms with van der Waals surface area (Å²) in [4.78, 5) is 4.45. The largest absolute Gasteiger partial charge is 0.265 e. The number of aliphatic imine (C=N–C) groups is 1. The number of aryl methyl sites for hydroxylation is 1. The van der Waals surface area contributed by atoms with Gasteiger partial charge in [0.1, 0.15) is 5.84 Å². The average Bonchev–Trinajstić information content (AvgIpc) is 2.78. The lowest BCUT2D eigenvalue weighted by atomic mass is 10.0. The van der Waals surface area contributed by atoms with Crippen molar-refractivity contribution < 1.29 is 0 Å². The van der Waals surface area contributed by atoms with E-state index >= 15 is 0 Å². The topological polar surface area (TPSA) is 28.0 Å². The van der Waals surface area contributed by atoms with Crippen LogP contribution in [0.2, 0.25) is 0 Å². The second kappa shape index (κ2) is 4.94. The minimum atomic E-state index is 0. The van der Waals surface area contributed by atoms with Crippen LogP contribution in [0.25, 0.3) is 0 Å². The standard InChI is InChI=1S/C14H15N3.ClH/c1-10-3-5-12(6-4-10)13-9-11(2)14-15-7-8-17(14)16-13;/h3-6,9H,7-8H2,1-2H3;1H. The van der Waals surface area contributed by atoms with Crippen LogP contribution in [-0.2, 0) is 0 Å². The second-order valence-electron chi connectivity index (χ2n) is 4.51. The van der Waals surface area contributed by atoms with Gasteiger partial charge in [-0.1, -0.05) is 29.8 Å². The number of benzene rings is 1. The normalized spacial score (nSPS) is 17.4. The molecule has 0 saturated carbocycles. The van der Waals surface area contributed by atoms with E-state index in [1.54, 1.807) is 0 Å². The predicted octanol–water partition coefficient (Wildman–Crippen LogP) is 2.79. The number of hydrazone groups is 1. The van der Waals surface area contributed by atoms with Crippen LogP contribution in [0.15, 0.2) is 46.0 Å². The summed E-state index contributed by atoms with van der Waals surface area (Å²) in [7, 11) is 0. The molecule has 0 N–H and O–H groups in total. The van der Waals surface area contributed by atoms with Crippen LogP contribution in [0, 0.1) is 6.92 Å². The van der Waals surface area contributed by atoms with Gasteiger partial charge in [-0.05, 0) is 25.5 Å². The van der Waals surface area contributed by atoms with Gasteiger partial charge in [0, 0.05) is 5.56 Å². The van der Waals surface area contributed by atoms with E-state index in [1.165, 1.54) is 16.7 Å². The van der Waals surface area contributed by atoms with E-state index in [-0.39, 0.29) is 12.4 Å². The van der Waals surface area contributed by atoms with E-state index in [0.717, 1.165) is 24.6 Å². The van der Waals surface area contributed by atoms with Gasteiger partial charge in [0.15, 0.2) is 0 Å². The first kappa shape index (κ1) is 12.8. The maximum absolute atomic E-state index is 4.64. The molecule has 0 aliphatic carbocycles. The molecule has 2 heterocycles. The quantitative estimate of drug-likeness (QED) is 0.764. The van der Waals surface area contributed by atoms with E-state index in [9.17, 15) is 0 Å². The smallest absolute Gasteiger partial charge is 0.147 e. The zero-order valence-corrected chi connectivity index (χ0v) is 11.4. The maximum Gasteiger partial charge on any atom is 0.147 e. The minimum absolute atomic E-state index is 0. The number of halogens is 1. The third-order valence-electron chi connectivity index (χ3n) is 3.10. The molecule has 3 nitrogen and oxygen atoms in total. The zero-order valence-electron chi connectivity index (χ0n) is 10.6. The van der Waals surface area contributed by atoms with E-state index < -0.39 is 0 Å². The van der Waals surface area contributed by atoms with Crippen LogP contribution in [0.1, 0.15) is 18.1 Å². The summed E-state index contributed by atoms with van der Waals surface area (Å²) in [5, 5.41) is 6.64. The van der Waals surface area contributed by atoms with Crippen LogP contribution in [0.4, 0.5) is 0 Å². The summed E-state index contributed by atoms with van der Waals surface area (Å²) < 4.78 is 0. The average molecular weight is 262 g/mol. The lowest BCUT2D eigenvalue weighted by molar-refractivity contribution is 0.487. The van der Waals surface area contributed by atoms with Crippen LogP contribution in [0.3, 0.4) is 0 Å². The first-order valence-corrected chi connectivity index (χ1v) is 5.90. The number of rotatable bonds is 1. The SMILES string of the molecule is CC1=CC(c2ccc(C)cc2)=NN2CCN=C12.Cl. The summed E-state index contributed by atoms with van der Waals surface area (Å²) in [5.41, 5.74) is 4.67. The predicted molar refractivity (Wildman–Crippen MR) is 77.7 cm³/mol. The Morgan fingerprint density at radius 3 is 2.56 bits per heavy atom. The Morgan fingerprint density at radius 2 is 1.83 bits per heavy atom. The van der Waals surface area contributed by atoms with E-state index in [0.29, 0.717) is 0 Å². The van der Waals surface area contributed by atoms with Crippen LogP contribution in [0.5, 0.6) is 0 Å². The minimum Gasteiger partial charge on any atom is -0.265 e. The Morgan fingerprint density at radius 1 is 1.11 bits per heavy atom. The summed E-state index contributed by atoms with van der Waals surface area (Å²) in [6.07, 6.45) is 2.12. The van der Waals surface area contributed by atoms with Gasteiger partial charge in [0.05, 0.1) is 18.8 Å². The van der Waals surface area contributed by atoms with Gasteiger partial charge >= 0.3 is 0 Å². The molecule has 0 spiro atoms. The highest BCUT2D eigenvalue weighted by molar-refractivity contribution is 6.16. The summed E-state index contributed by atoms with van der Waals surface area (Å²) in [6.45, 7) is 5.94. The summed E-state index contributed by atoms with van der Waals surface area (Å²) in [5.74, 6) is 1.03. The molecule has 4 heteroatoms. The lowest BCUT2D eigenvalue weighted by Gasteiger charge is -2.21. The fourth-order valence-electron chi connectivity index (χ4n) is 2.16. The van der Waals surface area contributed by atoms with E-state index in [4.69, 9.17) is 0 Å². The van der Waals surface area contributed by atoms with Gasteiger partial charge in [-0.3, -0.25) is 4.99 Å². The Hall–Kier alpha value is -1.61. The van der Waals surface area contributed by atoms with Crippen LogP contribution < -0.4 is 0 Å². The van der Waals surface area contributed by atoms with Gasteiger partial charge in [-0.2, -0.15) is 5.10 Å². The molecule has 94 valence electrons. The van der Waals surface area contributed by atoms with Crippen molar-refractivity contribution in [1.82, 2.24) is 5.01 Å². The fraction of sp³-hybridized carbons (Fsp3) is 0.286. The van der Waals surface area contributed by atoms with Crippen molar-refractivity contribution in [2.75, 3.05) is 13.1 Å². The zero-order chi connectivity index (χ0) is 11.8. The third kappa shape index (κ3) is 2.18. The number of nitrogens with zero attached hydrogens (tertiary/aromatic N) is 3. The van der Waals surface area contributed by atoms with Crippen LogP contribution in [-0.4, -0.2) is 29.6 Å². The first-order chi connectivity index (χ1) is 8.24. The molecule has 0 aromatic heterocycles. The Bertz CT molecular complexity index is 541. The molecular formula is C14H16ClN3. The van der Waals surface area contributed by atoms with Gasteiger partial charge in [-0.25, -0.2) is 5.01 Å². The molecule has 3 rings (SSSR count). The molecule has 1 aromatic rings. The molecule has 2 aliphatic rings. The van der Waals surface area contributed by atoms with Gasteiger partial charge in [0.25, 0.3) is 0 Å². The molecule has 0 radical (unpaired) electrons. The van der Waals surface area contributed by atoms with Gasteiger partial charge in [0.2, 0.25) is 0 Å². The fourth-order valence-corrected chi connectivity index (χ4v) is 2.16. The molecule has 0 fully saturated rings. The van der Waals surface area contributed by atoms with Gasteiger partial charge in [-0.15, -0.1) is 12.4 Å². The Balaban J connectivity index is 0.00000120. The highest BCUT2D eigenvalue weighted by atomic mass is 35.5. The molecule has 0 atom stereocenters. The van der Waals surface area contributed by atoms with Crippen molar-refractivity contribution in [3.8, 4) is 0 Å². The molecular weight excluding hydrogens is 246 g/mol.